The molecule has 0 saturated carbocycles. The maximum Gasteiger partial charge on any atom is 0.204 e. The first-order valence-electron chi connectivity index (χ1n) is 7.19. The molecule has 1 atom stereocenters. The summed E-state index contributed by atoms with van der Waals surface area (Å²) in [4.78, 5) is 4.88. The highest BCUT2D eigenvalue weighted by Gasteiger charge is 2.26. The van der Waals surface area contributed by atoms with Crippen LogP contribution in [0, 0.1) is 0 Å². The van der Waals surface area contributed by atoms with E-state index >= 15 is 0 Å². The molecule has 0 unspecified atom stereocenters. The zero-order chi connectivity index (χ0) is 14.6. The molecule has 21 heavy (non-hydrogen) atoms. The number of aryl methyl sites for hydroxylation is 2. The van der Waals surface area contributed by atoms with Crippen LogP contribution in [0.2, 0.25) is 0 Å². The van der Waals surface area contributed by atoms with Crippen LogP contribution in [0.5, 0.6) is 0 Å². The van der Waals surface area contributed by atoms with Crippen LogP contribution in [-0.4, -0.2) is 28.7 Å². The second-order valence-electron chi connectivity index (χ2n) is 5.64. The number of imidazole rings is 1. The monoisotopic (exact) mass is 476 g/mol. The van der Waals surface area contributed by atoms with Crippen molar-refractivity contribution in [2.24, 2.45) is 0 Å². The van der Waals surface area contributed by atoms with E-state index in [1.165, 1.54) is 11.1 Å². The molecule has 2 aromatic rings. The Kier molecular flexibility index (Phi) is 3.80. The lowest BCUT2D eigenvalue weighted by Gasteiger charge is -2.20. The molecule has 112 valence electrons. The van der Waals surface area contributed by atoms with Gasteiger partial charge in [-0.05, 0) is 79.2 Å². The van der Waals surface area contributed by atoms with E-state index in [4.69, 9.17) is 4.98 Å². The van der Waals surface area contributed by atoms with E-state index < -0.39 is 0 Å². The van der Waals surface area contributed by atoms with E-state index in [0.717, 1.165) is 63.8 Å². The molecule has 2 N–H and O–H groups in total. The Bertz CT molecular complexity index is 719. The molecular formula is C14H15Br3N4. The Morgan fingerprint density at radius 1 is 1.19 bits per heavy atom. The smallest absolute Gasteiger partial charge is 0.204 e. The van der Waals surface area contributed by atoms with Crippen molar-refractivity contribution < 1.29 is 0 Å². The zero-order valence-corrected chi connectivity index (χ0v) is 16.1. The quantitative estimate of drug-likeness (QED) is 0.640. The first-order valence-corrected chi connectivity index (χ1v) is 9.57. The van der Waals surface area contributed by atoms with E-state index in [2.05, 4.69) is 63.0 Å². The molecule has 2 aliphatic rings. The van der Waals surface area contributed by atoms with Crippen molar-refractivity contribution in [1.29, 1.82) is 0 Å². The van der Waals surface area contributed by atoms with Gasteiger partial charge in [-0.25, -0.2) is 4.98 Å². The van der Waals surface area contributed by atoms with E-state index in [1.807, 2.05) is 0 Å². The van der Waals surface area contributed by atoms with Gasteiger partial charge in [-0.2, -0.15) is 0 Å². The van der Waals surface area contributed by atoms with Crippen LogP contribution in [0.15, 0.2) is 13.4 Å². The van der Waals surface area contributed by atoms with Gasteiger partial charge in [0, 0.05) is 28.1 Å². The number of hydrogen-bond donors (Lipinski definition) is 2. The summed E-state index contributed by atoms with van der Waals surface area (Å²) in [6, 6.07) is 0.481. The number of nitrogens with one attached hydrogen (secondary N) is 2. The van der Waals surface area contributed by atoms with E-state index in [1.54, 1.807) is 0 Å². The molecule has 1 saturated heterocycles. The topological polar surface area (TPSA) is 41.9 Å². The number of rotatable bonds is 2. The van der Waals surface area contributed by atoms with Gasteiger partial charge in [-0.15, -0.1) is 0 Å². The van der Waals surface area contributed by atoms with Crippen molar-refractivity contribution in [3.05, 3.63) is 19.0 Å². The molecule has 7 heteroatoms. The number of benzene rings is 1. The minimum Gasteiger partial charge on any atom is -0.352 e. The first-order chi connectivity index (χ1) is 10.2. The fraction of sp³-hybridized carbons (Fsp3) is 0.500. The van der Waals surface area contributed by atoms with Gasteiger partial charge in [0.1, 0.15) is 5.52 Å². The van der Waals surface area contributed by atoms with Crippen molar-refractivity contribution in [2.75, 3.05) is 18.4 Å². The van der Waals surface area contributed by atoms with Crippen LogP contribution in [0.4, 0.5) is 5.95 Å². The Hall–Kier alpha value is -0.110. The molecule has 0 aliphatic carbocycles. The number of halogens is 3. The molecular weight excluding hydrogens is 464 g/mol. The van der Waals surface area contributed by atoms with Crippen LogP contribution in [0.25, 0.3) is 11.0 Å². The van der Waals surface area contributed by atoms with Crippen LogP contribution in [0.3, 0.4) is 0 Å². The molecule has 0 radical (unpaired) electrons. The molecule has 0 spiro atoms. The van der Waals surface area contributed by atoms with Crippen LogP contribution in [-0.2, 0) is 13.0 Å². The van der Waals surface area contributed by atoms with Crippen molar-refractivity contribution in [3.63, 3.8) is 0 Å². The molecule has 4 nitrogen and oxygen atoms in total. The molecule has 1 aromatic heterocycles. The average Bonchev–Trinajstić information content (AvgIpc) is 3.12. The molecule has 0 amide bonds. The third kappa shape index (κ3) is 2.28. The normalized spacial score (nSPS) is 21.2. The van der Waals surface area contributed by atoms with Crippen LogP contribution in [0.1, 0.15) is 18.4 Å². The van der Waals surface area contributed by atoms with E-state index in [9.17, 15) is 0 Å². The number of nitrogens with zero attached hydrogens (tertiary/aromatic N) is 2. The maximum atomic E-state index is 4.88. The standard InChI is InChI=1S/C14H15Br3N4/c15-9-8-2-1-5-21-13(8)12(11(17)10(9)16)20-14(21)19-7-3-4-18-6-7/h7,18H,1-6H2,(H,19,20)/t7-/m0/s1. The van der Waals surface area contributed by atoms with E-state index in [0.29, 0.717) is 6.04 Å². The van der Waals surface area contributed by atoms with Crippen LogP contribution >= 0.6 is 47.8 Å². The second kappa shape index (κ2) is 5.51. The second-order valence-corrected chi connectivity index (χ2v) is 8.02. The third-order valence-electron chi connectivity index (χ3n) is 4.31. The maximum absolute atomic E-state index is 4.88. The fourth-order valence-electron chi connectivity index (χ4n) is 3.28. The summed E-state index contributed by atoms with van der Waals surface area (Å²) in [5.74, 6) is 1.00. The minimum atomic E-state index is 0.481. The minimum absolute atomic E-state index is 0.481. The molecule has 2 aliphatic heterocycles. The predicted molar refractivity (Wildman–Crippen MR) is 96.1 cm³/mol. The molecule has 1 aromatic carbocycles. The van der Waals surface area contributed by atoms with Crippen molar-refractivity contribution >= 4 is 64.8 Å². The Morgan fingerprint density at radius 3 is 2.81 bits per heavy atom. The van der Waals surface area contributed by atoms with Gasteiger partial charge in [-0.1, -0.05) is 0 Å². The predicted octanol–water partition coefficient (Wildman–Crippen LogP) is 4.04. The Morgan fingerprint density at radius 2 is 2.05 bits per heavy atom. The first kappa shape index (κ1) is 14.5. The van der Waals surface area contributed by atoms with Gasteiger partial charge in [0.05, 0.1) is 9.99 Å². The van der Waals surface area contributed by atoms with Gasteiger partial charge in [-0.3, -0.25) is 0 Å². The van der Waals surface area contributed by atoms with Gasteiger partial charge in [0.25, 0.3) is 0 Å². The Labute approximate surface area is 148 Å². The summed E-state index contributed by atoms with van der Waals surface area (Å²) < 4.78 is 5.58. The highest BCUT2D eigenvalue weighted by Crippen LogP contribution is 2.43. The molecule has 3 heterocycles. The molecule has 4 rings (SSSR count). The lowest BCUT2D eigenvalue weighted by atomic mass is 10.0. The number of aromatic nitrogens is 2. The number of hydrogen-bond acceptors (Lipinski definition) is 3. The van der Waals surface area contributed by atoms with Gasteiger partial charge in [0.2, 0.25) is 5.95 Å². The highest BCUT2D eigenvalue weighted by atomic mass is 79.9. The lowest BCUT2D eigenvalue weighted by molar-refractivity contribution is 0.627. The van der Waals surface area contributed by atoms with Crippen molar-refractivity contribution in [1.82, 2.24) is 14.9 Å². The van der Waals surface area contributed by atoms with Gasteiger partial charge in [0.15, 0.2) is 0 Å². The molecule has 0 bridgehead atoms. The summed E-state index contributed by atoms with van der Waals surface area (Å²) >= 11 is 11.1. The lowest BCUT2D eigenvalue weighted by Crippen LogP contribution is -2.24. The summed E-state index contributed by atoms with van der Waals surface area (Å²) in [6.07, 6.45) is 3.41. The van der Waals surface area contributed by atoms with E-state index in [-0.39, 0.29) is 0 Å². The van der Waals surface area contributed by atoms with Gasteiger partial charge < -0.3 is 15.2 Å². The summed E-state index contributed by atoms with van der Waals surface area (Å²) in [5.41, 5.74) is 3.67. The Balaban J connectivity index is 1.90. The summed E-state index contributed by atoms with van der Waals surface area (Å²) in [5, 5.41) is 7.01. The highest BCUT2D eigenvalue weighted by molar-refractivity contribution is 9.14. The SMILES string of the molecule is Brc1c(Br)c2c3c(nc(N[C@H]4CCNC4)n3CCC2)c1Br. The third-order valence-corrected chi connectivity index (χ3v) is 7.82. The summed E-state index contributed by atoms with van der Waals surface area (Å²) in [6.45, 7) is 3.14. The summed E-state index contributed by atoms with van der Waals surface area (Å²) in [7, 11) is 0. The van der Waals surface area contributed by atoms with Crippen LogP contribution < -0.4 is 10.6 Å². The zero-order valence-electron chi connectivity index (χ0n) is 11.3. The van der Waals surface area contributed by atoms with Crippen molar-refractivity contribution in [3.8, 4) is 0 Å². The average molecular weight is 479 g/mol. The fourth-order valence-corrected chi connectivity index (χ4v) is 5.03. The van der Waals surface area contributed by atoms with Gasteiger partial charge >= 0.3 is 0 Å². The largest absolute Gasteiger partial charge is 0.352 e. The number of anilines is 1. The molecule has 1 fully saturated rings. The van der Waals surface area contributed by atoms with Crippen molar-refractivity contribution in [2.45, 2.75) is 31.8 Å².